The van der Waals surface area contributed by atoms with Crippen LogP contribution in [0.4, 0.5) is 0 Å². The second-order valence-corrected chi connectivity index (χ2v) is 35.4. The highest BCUT2D eigenvalue weighted by atomic mass is 28.4. The maximum Gasteiger partial charge on any atom is 0.303 e. The van der Waals surface area contributed by atoms with Crippen molar-refractivity contribution in [1.29, 1.82) is 0 Å². The van der Waals surface area contributed by atoms with Crippen molar-refractivity contribution < 1.29 is 42.1 Å². The predicted octanol–water partition coefficient (Wildman–Crippen LogP) is 11.7. The number of methoxy groups -OCH3 is 1. The molecule has 10 atom stereocenters. The first-order valence-electron chi connectivity index (χ1n) is 22.8. The Hall–Kier alpha value is -0.679. The van der Waals surface area contributed by atoms with E-state index in [4.69, 9.17) is 32.2 Å². The van der Waals surface area contributed by atoms with Gasteiger partial charge in [0.1, 0.15) is 0 Å². The maximum atomic E-state index is 12.4. The normalized spacial score (nSPS) is 29.7. The van der Waals surface area contributed by atoms with Gasteiger partial charge in [-0.1, -0.05) is 82.4 Å². The molecule has 1 unspecified atom stereocenters. The van der Waals surface area contributed by atoms with Gasteiger partial charge in [-0.2, -0.15) is 0 Å². The molecule has 58 heavy (non-hydrogen) atoms. The van der Waals surface area contributed by atoms with Gasteiger partial charge in [0, 0.05) is 32.5 Å². The molecule has 3 heterocycles. The summed E-state index contributed by atoms with van der Waals surface area (Å²) in [5.41, 5.74) is 2.24. The van der Waals surface area contributed by atoms with E-state index in [9.17, 15) is 9.90 Å². The first-order chi connectivity index (χ1) is 26.8. The summed E-state index contributed by atoms with van der Waals surface area (Å²) < 4.78 is 46.8. The molecule has 0 spiro atoms. The van der Waals surface area contributed by atoms with Crippen LogP contribution in [0, 0.1) is 11.8 Å². The van der Waals surface area contributed by atoms with Gasteiger partial charge in [0.2, 0.25) is 0 Å². The molecule has 3 fully saturated rings. The number of hydrogen-bond acceptors (Lipinski definition) is 8. The van der Waals surface area contributed by atoms with E-state index in [2.05, 4.69) is 109 Å². The van der Waals surface area contributed by atoms with Crippen LogP contribution >= 0.6 is 0 Å². The molecule has 12 heteroatoms. The van der Waals surface area contributed by atoms with E-state index in [-0.39, 0.29) is 71.1 Å². The zero-order valence-electron chi connectivity index (χ0n) is 39.8. The minimum atomic E-state index is -2.18. The second kappa shape index (κ2) is 21.6. The van der Waals surface area contributed by atoms with E-state index in [1.165, 1.54) is 23.7 Å². The summed E-state index contributed by atoms with van der Waals surface area (Å²) in [6, 6.07) is 3.54. The largest absolute Gasteiger partial charge is 0.481 e. The molecular formula is C46H88O9Si3. The van der Waals surface area contributed by atoms with Gasteiger partial charge in [0.05, 0.1) is 61.9 Å². The maximum absolute atomic E-state index is 12.4. The smallest absolute Gasteiger partial charge is 0.303 e. The van der Waals surface area contributed by atoms with Crippen LogP contribution in [0.1, 0.15) is 127 Å². The summed E-state index contributed by atoms with van der Waals surface area (Å²) >= 11 is 0. The molecule has 0 aromatic rings. The number of carboxylic acid groups (broad SMARTS) is 1. The molecule has 0 saturated carbocycles. The molecule has 3 saturated heterocycles. The lowest BCUT2D eigenvalue weighted by Gasteiger charge is -2.42. The molecule has 0 aromatic heterocycles. The van der Waals surface area contributed by atoms with Gasteiger partial charge >= 0.3 is 5.97 Å². The Morgan fingerprint density at radius 1 is 0.845 bits per heavy atom. The molecule has 0 aromatic carbocycles. The van der Waals surface area contributed by atoms with Gasteiger partial charge in [-0.3, -0.25) is 4.79 Å². The highest BCUT2D eigenvalue weighted by Gasteiger charge is 2.50. The quantitative estimate of drug-likeness (QED) is 0.0611. The Bertz CT molecular complexity index is 1310. The lowest BCUT2D eigenvalue weighted by Crippen LogP contribution is -2.49. The number of rotatable bonds is 23. The number of carboxylic acids is 1. The molecule has 3 aliphatic rings. The number of hydrogen-bond donors (Lipinski definition) is 1. The summed E-state index contributed by atoms with van der Waals surface area (Å²) in [6.45, 7) is 41.9. The van der Waals surface area contributed by atoms with Crippen molar-refractivity contribution in [1.82, 2.24) is 0 Å². The molecular weight excluding hydrogens is 781 g/mol. The van der Waals surface area contributed by atoms with Crippen molar-refractivity contribution in [3.8, 4) is 0 Å². The third-order valence-corrected chi connectivity index (χ3v) is 28.7. The van der Waals surface area contributed by atoms with Gasteiger partial charge in [-0.05, 0) is 110 Å². The summed E-state index contributed by atoms with van der Waals surface area (Å²) in [4.78, 5) is 12.4. The van der Waals surface area contributed by atoms with E-state index < -0.39 is 37.0 Å². The zero-order valence-corrected chi connectivity index (χ0v) is 42.8. The Kier molecular flexibility index (Phi) is 19.2. The number of carbonyl (C=O) groups is 1. The average Bonchev–Trinajstić information content (AvgIpc) is 3.64. The van der Waals surface area contributed by atoms with E-state index in [1.807, 2.05) is 0 Å². The summed E-state index contributed by atoms with van der Waals surface area (Å²) in [5, 5.41) is 10.2. The summed E-state index contributed by atoms with van der Waals surface area (Å²) in [7, 11) is -4.13. The van der Waals surface area contributed by atoms with Crippen molar-refractivity contribution in [2.75, 3.05) is 20.3 Å². The van der Waals surface area contributed by atoms with Gasteiger partial charge in [0.15, 0.2) is 25.0 Å². The fraction of sp³-hybridized carbons (Fsp3) is 0.891. The minimum absolute atomic E-state index is 0.0138. The van der Waals surface area contributed by atoms with E-state index in [0.717, 1.165) is 50.7 Å². The van der Waals surface area contributed by atoms with Crippen molar-refractivity contribution in [2.45, 2.75) is 230 Å². The van der Waals surface area contributed by atoms with Crippen LogP contribution in [0.25, 0.3) is 0 Å². The topological polar surface area (TPSA) is 102 Å². The van der Waals surface area contributed by atoms with Crippen LogP contribution in [0.2, 0.25) is 54.4 Å². The summed E-state index contributed by atoms with van der Waals surface area (Å²) in [5.74, 6) is -0.916. The molecule has 338 valence electrons. The standard InChI is InChI=1S/C46H88O9Si3/c1-18-58(19-2,20-3)50-25-21-22-35-27-33(5)39(52-35)24-23-36-26-32(4)34(6)40(53-36)30-41-38(29-43(47)48)44(49-13)42(54-41)28-37(55-57(16,17)46(10,11)12)31-51-56(14,15)45(7,8)9/h32,35-42,44H,5-6,18-31H2,1-4,7-17H3,(H,47,48)/t32-,35+,36+,37?,38+,39+,40-,41+,42-,44-/m1/s1. The number of aliphatic carboxylic acids is 1. The first-order valence-corrected chi connectivity index (χ1v) is 31.2. The predicted molar refractivity (Wildman–Crippen MR) is 245 cm³/mol. The average molecular weight is 869 g/mol. The van der Waals surface area contributed by atoms with E-state index in [1.54, 1.807) is 7.11 Å². The van der Waals surface area contributed by atoms with Crippen LogP contribution in [-0.4, -0.2) is 105 Å². The van der Waals surface area contributed by atoms with Crippen molar-refractivity contribution in [3.63, 3.8) is 0 Å². The van der Waals surface area contributed by atoms with E-state index in [0.29, 0.717) is 19.4 Å². The fourth-order valence-electron chi connectivity index (χ4n) is 8.68. The van der Waals surface area contributed by atoms with Gasteiger partial charge < -0.3 is 37.3 Å². The van der Waals surface area contributed by atoms with Gasteiger partial charge in [0.25, 0.3) is 0 Å². The van der Waals surface area contributed by atoms with Crippen LogP contribution in [0.15, 0.2) is 24.3 Å². The highest BCUT2D eigenvalue weighted by molar-refractivity contribution is 6.75. The lowest BCUT2D eigenvalue weighted by molar-refractivity contribution is -0.139. The number of ether oxygens (including phenoxy) is 4. The molecule has 3 aliphatic heterocycles. The lowest BCUT2D eigenvalue weighted by atomic mass is 9.82. The molecule has 0 amide bonds. The van der Waals surface area contributed by atoms with Crippen molar-refractivity contribution in [3.05, 3.63) is 24.3 Å². The molecule has 0 aliphatic carbocycles. The molecule has 0 bridgehead atoms. The van der Waals surface area contributed by atoms with Crippen molar-refractivity contribution >= 4 is 30.9 Å². The van der Waals surface area contributed by atoms with Gasteiger partial charge in [-0.25, -0.2) is 0 Å². The van der Waals surface area contributed by atoms with Gasteiger partial charge in [-0.15, -0.1) is 0 Å². The Balaban J connectivity index is 1.69. The van der Waals surface area contributed by atoms with E-state index >= 15 is 0 Å². The Morgan fingerprint density at radius 3 is 2.00 bits per heavy atom. The Morgan fingerprint density at radius 2 is 1.45 bits per heavy atom. The second-order valence-electron chi connectivity index (χ2n) is 21.1. The van der Waals surface area contributed by atoms with Crippen LogP contribution in [0.5, 0.6) is 0 Å². The van der Waals surface area contributed by atoms with Crippen LogP contribution in [0.3, 0.4) is 0 Å². The van der Waals surface area contributed by atoms with Crippen molar-refractivity contribution in [2.24, 2.45) is 11.8 Å². The minimum Gasteiger partial charge on any atom is -0.481 e. The third kappa shape index (κ3) is 13.9. The first kappa shape index (κ1) is 51.7. The molecule has 3 rings (SSSR count). The SMILES string of the molecule is C=C1C[C@H](CCCO[Si](CC)(CC)CC)O[C@H]1CC[C@H]1C[C@@H](C)C(=C)[C@@H](C[C@@H]2O[C@H](CC(CO[Si](C)(C)C(C)(C)C)O[Si](C)(C)C(C)(C)C)[C@H](OC)[C@H]2CC(=O)O)O1. The molecule has 9 nitrogen and oxygen atoms in total. The summed E-state index contributed by atoms with van der Waals surface area (Å²) in [6.07, 6.45) is 5.41. The molecule has 1 N–H and O–H groups in total. The fourth-order valence-corrected chi connectivity index (χ4v) is 13.8. The van der Waals surface area contributed by atoms with Crippen LogP contribution < -0.4 is 0 Å². The third-order valence-electron chi connectivity index (χ3n) is 15.0. The monoisotopic (exact) mass is 869 g/mol. The zero-order chi connectivity index (χ0) is 43.9. The van der Waals surface area contributed by atoms with Crippen LogP contribution in [-0.2, 0) is 37.0 Å². The molecule has 0 radical (unpaired) electrons. The highest BCUT2D eigenvalue weighted by Crippen LogP contribution is 2.44. The Labute approximate surface area is 358 Å².